The van der Waals surface area contributed by atoms with Crippen molar-refractivity contribution in [2.75, 3.05) is 21.7 Å². The summed E-state index contributed by atoms with van der Waals surface area (Å²) in [5.41, 5.74) is 0.130. The van der Waals surface area contributed by atoms with Crippen molar-refractivity contribution in [3.8, 4) is 0 Å². The monoisotopic (exact) mass is 610 g/mol. The van der Waals surface area contributed by atoms with Gasteiger partial charge in [0.15, 0.2) is 0 Å². The van der Waals surface area contributed by atoms with Gasteiger partial charge in [0, 0.05) is 51.9 Å². The van der Waals surface area contributed by atoms with Gasteiger partial charge >= 0.3 is 6.18 Å². The van der Waals surface area contributed by atoms with Crippen molar-refractivity contribution in [1.82, 2.24) is 5.32 Å². The van der Waals surface area contributed by atoms with Crippen LogP contribution in [0.4, 0.5) is 39.0 Å². The number of fused-ring (bicyclic) bond motifs is 3. The van der Waals surface area contributed by atoms with E-state index in [9.17, 15) is 27.1 Å². The van der Waals surface area contributed by atoms with E-state index in [-0.39, 0.29) is 17.1 Å². The van der Waals surface area contributed by atoms with Gasteiger partial charge in [-0.2, -0.15) is 13.2 Å². The van der Waals surface area contributed by atoms with Crippen LogP contribution in [0.5, 0.6) is 0 Å². The predicted molar refractivity (Wildman–Crippen MR) is 163 cm³/mol. The fourth-order valence-electron chi connectivity index (χ4n) is 4.87. The Morgan fingerprint density at radius 1 is 1.07 bits per heavy atom. The lowest BCUT2D eigenvalue weighted by atomic mass is 9.71. The standard InChI is InChI=1S/C24H22B2F4N4O.C6H4ClF/c1-5-6-33-14(4)34(24(25,26)35)22-20(33)10-19(18-11-31-13(3)21(18)22)32-12(2)15-7-16(23(28,29)30)9-17(27)8-15;7-5-1-3-6(8)4-2-5/h7-10,31-32,35H,2-6,11H2,1H3;1-4H. The molecule has 0 aliphatic carbocycles. The van der Waals surface area contributed by atoms with E-state index in [1.54, 1.807) is 6.07 Å². The predicted octanol–water partition coefficient (Wildman–Crippen LogP) is 6.93. The maximum atomic E-state index is 14.0. The highest BCUT2D eigenvalue weighted by Crippen LogP contribution is 2.52. The van der Waals surface area contributed by atoms with E-state index in [1.165, 1.54) is 29.2 Å². The molecule has 3 aromatic rings. The highest BCUT2D eigenvalue weighted by molar-refractivity contribution is 6.41. The Morgan fingerprint density at radius 2 is 1.72 bits per heavy atom. The third-order valence-corrected chi connectivity index (χ3v) is 6.97. The Morgan fingerprint density at radius 3 is 2.28 bits per heavy atom. The zero-order chi connectivity index (χ0) is 31.9. The van der Waals surface area contributed by atoms with E-state index >= 15 is 0 Å². The van der Waals surface area contributed by atoms with E-state index in [2.05, 4.69) is 30.4 Å². The zero-order valence-electron chi connectivity index (χ0n) is 23.1. The number of alkyl halides is 3. The van der Waals surface area contributed by atoms with Crippen LogP contribution < -0.4 is 20.4 Å². The molecule has 220 valence electrons. The topological polar surface area (TPSA) is 50.8 Å². The molecule has 2 heterocycles. The minimum absolute atomic E-state index is 0.0499. The largest absolute Gasteiger partial charge is 0.416 e. The molecule has 0 spiro atoms. The summed E-state index contributed by atoms with van der Waals surface area (Å²) in [4.78, 5) is 3.14. The third kappa shape index (κ3) is 6.70. The van der Waals surface area contributed by atoms with Crippen LogP contribution in [-0.2, 0) is 12.7 Å². The second-order valence-electron chi connectivity index (χ2n) is 9.93. The van der Waals surface area contributed by atoms with Crippen LogP contribution in [0, 0.1) is 11.6 Å². The lowest BCUT2D eigenvalue weighted by Crippen LogP contribution is -2.50. The van der Waals surface area contributed by atoms with Gasteiger partial charge in [-0.15, -0.1) is 0 Å². The molecule has 3 aromatic carbocycles. The number of nitrogens with zero attached hydrogens (tertiary/aromatic N) is 2. The van der Waals surface area contributed by atoms with Crippen LogP contribution in [-0.4, -0.2) is 32.9 Å². The van der Waals surface area contributed by atoms with Gasteiger partial charge in [-0.3, -0.25) is 0 Å². The number of rotatable bonds is 6. The SMILES string of the molecule is Fc1ccc(Cl)cc1.[B]C([B])(O)N1C(=C)N(CCC)c2cc(NC(=C)c3cc(F)cc(C(F)(F)F)c3)c3c(c21)C(=C)NC3. The smallest absolute Gasteiger partial charge is 0.389 e. The molecule has 0 fully saturated rings. The maximum absolute atomic E-state index is 14.0. The second kappa shape index (κ2) is 12.0. The molecule has 2 aliphatic rings. The molecular weight excluding hydrogens is 584 g/mol. The van der Waals surface area contributed by atoms with Crippen molar-refractivity contribution in [1.29, 1.82) is 0 Å². The second-order valence-corrected chi connectivity index (χ2v) is 10.4. The number of aliphatic hydroxyl groups is 1. The third-order valence-electron chi connectivity index (χ3n) is 6.72. The molecule has 13 heteroatoms. The number of hydrogen-bond donors (Lipinski definition) is 3. The van der Waals surface area contributed by atoms with E-state index < -0.39 is 23.1 Å². The fraction of sp³-hybridized carbons (Fsp3) is 0.200. The Kier molecular flexibility index (Phi) is 8.95. The lowest BCUT2D eigenvalue weighted by Gasteiger charge is -2.36. The molecule has 5 rings (SSSR count). The summed E-state index contributed by atoms with van der Waals surface area (Å²) >= 11 is 5.44. The minimum Gasteiger partial charge on any atom is -0.389 e. The number of nitrogens with one attached hydrogen (secondary N) is 2. The van der Waals surface area contributed by atoms with Gasteiger partial charge < -0.3 is 25.5 Å². The molecule has 5 nitrogen and oxygen atoms in total. The van der Waals surface area contributed by atoms with Crippen molar-refractivity contribution < 1.29 is 27.1 Å². The number of benzene rings is 3. The molecule has 0 saturated heterocycles. The summed E-state index contributed by atoms with van der Waals surface area (Å²) in [6, 6.07) is 9.65. The molecule has 0 aromatic heterocycles. The first-order valence-corrected chi connectivity index (χ1v) is 13.4. The Balaban J connectivity index is 0.000000458. The van der Waals surface area contributed by atoms with Crippen LogP contribution >= 0.6 is 11.6 Å². The van der Waals surface area contributed by atoms with Crippen molar-refractivity contribution in [2.45, 2.75) is 31.6 Å². The van der Waals surface area contributed by atoms with E-state index in [4.69, 9.17) is 27.3 Å². The van der Waals surface area contributed by atoms with E-state index in [1.807, 2.05) is 11.8 Å². The minimum atomic E-state index is -4.71. The summed E-state index contributed by atoms with van der Waals surface area (Å²) in [6.45, 7) is 14.7. The molecule has 2 aliphatic heterocycles. The highest BCUT2D eigenvalue weighted by atomic mass is 35.5. The van der Waals surface area contributed by atoms with Crippen molar-refractivity contribution >= 4 is 55.7 Å². The van der Waals surface area contributed by atoms with Gasteiger partial charge in [-0.05, 0) is 55.0 Å². The van der Waals surface area contributed by atoms with Gasteiger partial charge in [-0.25, -0.2) is 8.78 Å². The molecule has 4 radical (unpaired) electrons. The Hall–Kier alpha value is -3.89. The number of hydrogen-bond acceptors (Lipinski definition) is 5. The molecule has 0 bridgehead atoms. The first kappa shape index (κ1) is 32.0. The molecular formula is C30H26B2ClF5N4O. The Labute approximate surface area is 254 Å². The van der Waals surface area contributed by atoms with Gasteiger partial charge in [0.2, 0.25) is 0 Å². The zero-order valence-corrected chi connectivity index (χ0v) is 23.9. The van der Waals surface area contributed by atoms with Crippen molar-refractivity contribution in [2.24, 2.45) is 0 Å². The van der Waals surface area contributed by atoms with Gasteiger partial charge in [0.25, 0.3) is 0 Å². The van der Waals surface area contributed by atoms with Gasteiger partial charge in [-0.1, -0.05) is 38.3 Å². The van der Waals surface area contributed by atoms with Crippen LogP contribution in [0.3, 0.4) is 0 Å². The summed E-state index contributed by atoms with van der Waals surface area (Å²) in [7, 11) is 11.7. The van der Waals surface area contributed by atoms with E-state index in [0.717, 1.165) is 18.6 Å². The average Bonchev–Trinajstić information content (AvgIpc) is 3.43. The summed E-state index contributed by atoms with van der Waals surface area (Å²) < 4.78 is 65.6. The van der Waals surface area contributed by atoms with E-state index in [0.29, 0.717) is 63.9 Å². The number of halogens is 6. The highest BCUT2D eigenvalue weighted by Gasteiger charge is 2.41. The molecule has 0 amide bonds. The maximum Gasteiger partial charge on any atom is 0.416 e. The molecule has 0 saturated carbocycles. The lowest BCUT2D eigenvalue weighted by molar-refractivity contribution is -0.137. The van der Waals surface area contributed by atoms with Crippen molar-refractivity contribution in [3.05, 3.63) is 113 Å². The van der Waals surface area contributed by atoms with Gasteiger partial charge in [0.1, 0.15) is 33.1 Å². The molecule has 3 N–H and O–H groups in total. The molecule has 43 heavy (non-hydrogen) atoms. The molecule has 0 atom stereocenters. The van der Waals surface area contributed by atoms with Crippen LogP contribution in [0.2, 0.25) is 5.02 Å². The van der Waals surface area contributed by atoms with Crippen LogP contribution in [0.15, 0.2) is 74.1 Å². The van der Waals surface area contributed by atoms with Crippen LogP contribution in [0.1, 0.15) is 35.6 Å². The first-order chi connectivity index (χ1) is 20.0. The summed E-state index contributed by atoms with van der Waals surface area (Å²) in [5.74, 6) is -0.931. The Bertz CT molecular complexity index is 1570. The molecule has 0 unspecified atom stereocenters. The van der Waals surface area contributed by atoms with Crippen molar-refractivity contribution in [3.63, 3.8) is 0 Å². The normalized spacial score (nSPS) is 14.1. The average molecular weight is 611 g/mol. The fourth-order valence-corrected chi connectivity index (χ4v) is 5.00. The first-order valence-electron chi connectivity index (χ1n) is 13.0. The number of anilines is 3. The quantitative estimate of drug-likeness (QED) is 0.209. The summed E-state index contributed by atoms with van der Waals surface area (Å²) in [5, 5.41) is 17.2. The summed E-state index contributed by atoms with van der Waals surface area (Å²) in [6.07, 6.45) is -3.98. The van der Waals surface area contributed by atoms with Gasteiger partial charge in [0.05, 0.1) is 22.5 Å². The van der Waals surface area contributed by atoms with Crippen LogP contribution in [0.25, 0.3) is 11.4 Å².